The largest absolute Gasteiger partial charge is 0.397 e. The van der Waals surface area contributed by atoms with Crippen LogP contribution in [0.15, 0.2) is 12.3 Å². The van der Waals surface area contributed by atoms with Crippen LogP contribution in [0.25, 0.3) is 0 Å². The molecule has 0 amide bonds. The van der Waals surface area contributed by atoms with Crippen molar-refractivity contribution in [1.29, 1.82) is 0 Å². The van der Waals surface area contributed by atoms with Gasteiger partial charge in [-0.15, -0.1) is 0 Å². The van der Waals surface area contributed by atoms with E-state index in [1.54, 1.807) is 6.20 Å². The third kappa shape index (κ3) is 1.99. The molecule has 0 bridgehead atoms. The lowest BCUT2D eigenvalue weighted by molar-refractivity contribution is 0.707. The smallest absolute Gasteiger partial charge is 0.131 e. The maximum atomic E-state index is 5.75. The van der Waals surface area contributed by atoms with E-state index in [1.165, 1.54) is 37.8 Å². The number of nitrogen functional groups attached to an aromatic ring is 1. The van der Waals surface area contributed by atoms with E-state index in [2.05, 4.69) is 16.8 Å². The number of aryl methyl sites for hydroxylation is 1. The Balaban J connectivity index is 1.85. The fraction of sp³-hybridized carbons (Fsp3) is 0.615. The Labute approximate surface area is 96.7 Å². The molecule has 0 atom stereocenters. The van der Waals surface area contributed by atoms with Gasteiger partial charge in [0.1, 0.15) is 5.82 Å². The second-order valence-corrected chi connectivity index (χ2v) is 5.24. The van der Waals surface area contributed by atoms with Crippen LogP contribution < -0.4 is 10.6 Å². The lowest BCUT2D eigenvalue weighted by Gasteiger charge is -2.25. The number of anilines is 2. The van der Waals surface area contributed by atoms with Crippen LogP contribution in [-0.4, -0.2) is 17.6 Å². The summed E-state index contributed by atoms with van der Waals surface area (Å²) in [5.74, 6) is 2.07. The van der Waals surface area contributed by atoms with Gasteiger partial charge in [0, 0.05) is 12.6 Å². The van der Waals surface area contributed by atoms with E-state index in [0.29, 0.717) is 0 Å². The van der Waals surface area contributed by atoms with Gasteiger partial charge in [-0.05, 0) is 50.2 Å². The van der Waals surface area contributed by atoms with Gasteiger partial charge in [0.25, 0.3) is 0 Å². The molecule has 0 aromatic carbocycles. The summed E-state index contributed by atoms with van der Waals surface area (Å²) in [6.45, 7) is 3.31. The lowest BCUT2D eigenvalue weighted by atomic mass is 10.2. The first-order chi connectivity index (χ1) is 7.74. The number of rotatable bonds is 4. The molecule has 0 saturated heterocycles. The van der Waals surface area contributed by atoms with Crippen LogP contribution in [0.4, 0.5) is 11.5 Å². The fourth-order valence-electron chi connectivity index (χ4n) is 2.26. The molecule has 2 fully saturated rings. The zero-order chi connectivity index (χ0) is 11.1. The van der Waals surface area contributed by atoms with Gasteiger partial charge in [-0.3, -0.25) is 0 Å². The van der Waals surface area contributed by atoms with Crippen molar-refractivity contribution in [2.45, 2.75) is 38.6 Å². The van der Waals surface area contributed by atoms with Crippen molar-refractivity contribution in [2.75, 3.05) is 17.2 Å². The Bertz CT molecular complexity index is 394. The summed E-state index contributed by atoms with van der Waals surface area (Å²) in [4.78, 5) is 7.03. The van der Waals surface area contributed by atoms with Crippen molar-refractivity contribution in [1.82, 2.24) is 4.98 Å². The summed E-state index contributed by atoms with van der Waals surface area (Å²) in [7, 11) is 0. The van der Waals surface area contributed by atoms with Crippen molar-refractivity contribution < 1.29 is 0 Å². The van der Waals surface area contributed by atoms with Gasteiger partial charge in [0.2, 0.25) is 0 Å². The van der Waals surface area contributed by atoms with Crippen LogP contribution in [-0.2, 0) is 0 Å². The van der Waals surface area contributed by atoms with Gasteiger partial charge in [0.15, 0.2) is 0 Å². The van der Waals surface area contributed by atoms with Gasteiger partial charge in [-0.1, -0.05) is 0 Å². The maximum Gasteiger partial charge on any atom is 0.131 e. The molecule has 0 spiro atoms. The maximum absolute atomic E-state index is 5.75. The summed E-state index contributed by atoms with van der Waals surface area (Å²) in [6.07, 6.45) is 7.25. The van der Waals surface area contributed by atoms with E-state index in [9.17, 15) is 0 Å². The molecule has 86 valence electrons. The molecule has 3 rings (SSSR count). The van der Waals surface area contributed by atoms with Crippen LogP contribution >= 0.6 is 0 Å². The minimum absolute atomic E-state index is 0.746. The average molecular weight is 217 g/mol. The average Bonchev–Trinajstić information content (AvgIpc) is 3.11. The van der Waals surface area contributed by atoms with Gasteiger partial charge in [-0.25, -0.2) is 4.98 Å². The minimum atomic E-state index is 0.746. The number of nitrogens with zero attached hydrogens (tertiary/aromatic N) is 2. The molecule has 2 N–H and O–H groups in total. The van der Waals surface area contributed by atoms with Gasteiger partial charge in [0.05, 0.1) is 11.9 Å². The first-order valence-electron chi connectivity index (χ1n) is 6.23. The second-order valence-electron chi connectivity index (χ2n) is 5.24. The van der Waals surface area contributed by atoms with Crippen molar-refractivity contribution in [3.05, 3.63) is 17.8 Å². The summed E-state index contributed by atoms with van der Waals surface area (Å²) in [5.41, 5.74) is 7.73. The Hall–Kier alpha value is -1.25. The highest BCUT2D eigenvalue weighted by molar-refractivity contribution is 5.54. The molecule has 1 aromatic rings. The van der Waals surface area contributed by atoms with Crippen molar-refractivity contribution in [3.8, 4) is 0 Å². The highest BCUT2D eigenvalue weighted by atomic mass is 15.2. The molecule has 2 aliphatic rings. The number of aromatic nitrogens is 1. The highest BCUT2D eigenvalue weighted by Crippen LogP contribution is 2.38. The number of hydrogen-bond acceptors (Lipinski definition) is 3. The molecule has 1 aromatic heterocycles. The van der Waals surface area contributed by atoms with E-state index >= 15 is 0 Å². The molecule has 0 unspecified atom stereocenters. The minimum Gasteiger partial charge on any atom is -0.397 e. The molecular formula is C13H19N3. The molecule has 3 heteroatoms. The topological polar surface area (TPSA) is 42.1 Å². The highest BCUT2D eigenvalue weighted by Gasteiger charge is 2.34. The van der Waals surface area contributed by atoms with Crippen LogP contribution in [0.5, 0.6) is 0 Å². The molecule has 2 saturated carbocycles. The number of pyridine rings is 1. The normalized spacial score (nSPS) is 19.8. The fourth-order valence-corrected chi connectivity index (χ4v) is 2.26. The third-order valence-electron chi connectivity index (χ3n) is 3.48. The molecule has 2 aliphatic carbocycles. The quantitative estimate of drug-likeness (QED) is 0.841. The Morgan fingerprint density at radius 2 is 2.12 bits per heavy atom. The van der Waals surface area contributed by atoms with Gasteiger partial charge < -0.3 is 10.6 Å². The summed E-state index contributed by atoms with van der Waals surface area (Å²) in [6, 6.07) is 2.78. The van der Waals surface area contributed by atoms with E-state index in [4.69, 9.17) is 5.73 Å². The van der Waals surface area contributed by atoms with Crippen molar-refractivity contribution >= 4 is 11.5 Å². The lowest BCUT2D eigenvalue weighted by Crippen LogP contribution is -2.29. The molecule has 1 heterocycles. The molecule has 0 aliphatic heterocycles. The third-order valence-corrected chi connectivity index (χ3v) is 3.48. The standard InChI is InChI=1S/C13H19N3/c1-9-6-11(14)7-15-13(9)16(12-4-5-12)8-10-2-3-10/h6-7,10,12H,2-5,8,14H2,1H3. The Morgan fingerprint density at radius 3 is 2.69 bits per heavy atom. The van der Waals surface area contributed by atoms with Crippen LogP contribution in [0.2, 0.25) is 0 Å². The Morgan fingerprint density at radius 1 is 1.38 bits per heavy atom. The van der Waals surface area contributed by atoms with Gasteiger partial charge in [-0.2, -0.15) is 0 Å². The monoisotopic (exact) mass is 217 g/mol. The zero-order valence-electron chi connectivity index (χ0n) is 9.82. The van der Waals surface area contributed by atoms with Crippen molar-refractivity contribution in [2.24, 2.45) is 5.92 Å². The predicted octanol–water partition coefficient (Wildman–Crippen LogP) is 2.35. The van der Waals surface area contributed by atoms with Crippen molar-refractivity contribution in [3.63, 3.8) is 0 Å². The zero-order valence-corrected chi connectivity index (χ0v) is 9.82. The summed E-state index contributed by atoms with van der Waals surface area (Å²) >= 11 is 0. The SMILES string of the molecule is Cc1cc(N)cnc1N(CC1CC1)C1CC1. The van der Waals surface area contributed by atoms with E-state index in [0.717, 1.165) is 23.5 Å². The Kier molecular flexibility index (Phi) is 2.27. The van der Waals surface area contributed by atoms with E-state index in [1.807, 2.05) is 6.07 Å². The number of hydrogen-bond donors (Lipinski definition) is 1. The van der Waals surface area contributed by atoms with E-state index < -0.39 is 0 Å². The molecule has 3 nitrogen and oxygen atoms in total. The predicted molar refractivity (Wildman–Crippen MR) is 66.5 cm³/mol. The summed E-state index contributed by atoms with van der Waals surface area (Å²) in [5, 5.41) is 0. The van der Waals surface area contributed by atoms with Crippen LogP contribution in [0.3, 0.4) is 0 Å². The molecule has 16 heavy (non-hydrogen) atoms. The molecule has 0 radical (unpaired) electrons. The molecular weight excluding hydrogens is 198 g/mol. The first kappa shape index (κ1) is 9.94. The van der Waals surface area contributed by atoms with Crippen LogP contribution in [0, 0.1) is 12.8 Å². The van der Waals surface area contributed by atoms with Gasteiger partial charge >= 0.3 is 0 Å². The number of nitrogens with two attached hydrogens (primary N) is 1. The summed E-state index contributed by atoms with van der Waals surface area (Å²) < 4.78 is 0. The second kappa shape index (κ2) is 3.65. The van der Waals surface area contributed by atoms with E-state index in [-0.39, 0.29) is 0 Å². The first-order valence-corrected chi connectivity index (χ1v) is 6.23. The van der Waals surface area contributed by atoms with Crippen LogP contribution in [0.1, 0.15) is 31.2 Å².